The molecule has 1 aliphatic heterocycles. The standard InChI is InChI=1S/C12H24O3Si/c1-12(2,3)16(4,5)14-9-10-7-6-8-11(13)15-10/h10H,6-9H2,1-5H3/t10-/m0/s1. The summed E-state index contributed by atoms with van der Waals surface area (Å²) in [5.74, 6) is -0.0740. The van der Waals surface area contributed by atoms with Crippen LogP contribution in [-0.4, -0.2) is 27.0 Å². The van der Waals surface area contributed by atoms with Crippen molar-refractivity contribution in [3.05, 3.63) is 0 Å². The summed E-state index contributed by atoms with van der Waals surface area (Å²) in [4.78, 5) is 11.1. The van der Waals surface area contributed by atoms with Gasteiger partial charge in [0.25, 0.3) is 0 Å². The van der Waals surface area contributed by atoms with E-state index in [1.807, 2.05) is 0 Å². The molecule has 1 atom stereocenters. The van der Waals surface area contributed by atoms with Gasteiger partial charge in [0.05, 0.1) is 6.61 Å². The van der Waals surface area contributed by atoms with Gasteiger partial charge in [0, 0.05) is 6.42 Å². The normalized spacial score (nSPS) is 23.1. The van der Waals surface area contributed by atoms with Crippen LogP contribution in [0.15, 0.2) is 0 Å². The summed E-state index contributed by atoms with van der Waals surface area (Å²) < 4.78 is 11.3. The number of carbonyl (C=O) groups excluding carboxylic acids is 1. The second-order valence-corrected chi connectivity index (χ2v) is 10.9. The first kappa shape index (κ1) is 13.7. The van der Waals surface area contributed by atoms with Crippen LogP contribution >= 0.6 is 0 Å². The molecule has 94 valence electrons. The predicted octanol–water partition coefficient (Wildman–Crippen LogP) is 3.10. The highest BCUT2D eigenvalue weighted by Gasteiger charge is 2.38. The third-order valence-corrected chi connectivity index (χ3v) is 8.14. The lowest BCUT2D eigenvalue weighted by molar-refractivity contribution is -0.155. The van der Waals surface area contributed by atoms with Gasteiger partial charge >= 0.3 is 5.97 Å². The van der Waals surface area contributed by atoms with Crippen LogP contribution in [0.3, 0.4) is 0 Å². The van der Waals surface area contributed by atoms with Crippen molar-refractivity contribution in [3.63, 3.8) is 0 Å². The molecule has 0 amide bonds. The van der Waals surface area contributed by atoms with Crippen LogP contribution in [-0.2, 0) is 14.0 Å². The Morgan fingerprint density at radius 3 is 2.56 bits per heavy atom. The monoisotopic (exact) mass is 244 g/mol. The fourth-order valence-corrected chi connectivity index (χ4v) is 2.45. The summed E-state index contributed by atoms with van der Waals surface area (Å²) in [6, 6.07) is 0. The van der Waals surface area contributed by atoms with E-state index in [1.165, 1.54) is 0 Å². The zero-order valence-electron chi connectivity index (χ0n) is 11.1. The van der Waals surface area contributed by atoms with Gasteiger partial charge in [-0.3, -0.25) is 4.79 Å². The van der Waals surface area contributed by atoms with Crippen molar-refractivity contribution < 1.29 is 14.0 Å². The van der Waals surface area contributed by atoms with Gasteiger partial charge in [0.2, 0.25) is 0 Å². The molecule has 0 aromatic rings. The van der Waals surface area contributed by atoms with Gasteiger partial charge in [-0.2, -0.15) is 0 Å². The Labute approximate surface area is 99.6 Å². The van der Waals surface area contributed by atoms with E-state index in [-0.39, 0.29) is 17.1 Å². The van der Waals surface area contributed by atoms with E-state index in [4.69, 9.17) is 9.16 Å². The smallest absolute Gasteiger partial charge is 0.306 e. The van der Waals surface area contributed by atoms with E-state index in [9.17, 15) is 4.79 Å². The lowest BCUT2D eigenvalue weighted by atomic mass is 10.1. The van der Waals surface area contributed by atoms with Crippen LogP contribution in [0.25, 0.3) is 0 Å². The summed E-state index contributed by atoms with van der Waals surface area (Å²) in [5, 5.41) is 0.214. The minimum atomic E-state index is -1.70. The third kappa shape index (κ3) is 3.59. The first-order valence-electron chi connectivity index (χ1n) is 6.06. The molecule has 0 radical (unpaired) electrons. The summed E-state index contributed by atoms with van der Waals surface area (Å²) >= 11 is 0. The fourth-order valence-electron chi connectivity index (χ4n) is 1.41. The number of rotatable bonds is 3. The van der Waals surface area contributed by atoms with Crippen LogP contribution in [0.4, 0.5) is 0 Å². The number of ether oxygens (including phenoxy) is 1. The highest BCUT2D eigenvalue weighted by Crippen LogP contribution is 2.36. The molecule has 0 aliphatic carbocycles. The number of hydrogen-bond acceptors (Lipinski definition) is 3. The molecule has 0 bridgehead atoms. The van der Waals surface area contributed by atoms with Crippen molar-refractivity contribution in [2.24, 2.45) is 0 Å². The second-order valence-electron chi connectivity index (χ2n) is 6.08. The van der Waals surface area contributed by atoms with E-state index in [0.717, 1.165) is 12.8 Å². The highest BCUT2D eigenvalue weighted by atomic mass is 28.4. The van der Waals surface area contributed by atoms with Crippen molar-refractivity contribution in [2.75, 3.05) is 6.61 Å². The molecule has 4 heteroatoms. The largest absolute Gasteiger partial charge is 0.460 e. The summed E-state index contributed by atoms with van der Waals surface area (Å²) in [5.41, 5.74) is 0. The van der Waals surface area contributed by atoms with E-state index >= 15 is 0 Å². The van der Waals surface area contributed by atoms with E-state index in [0.29, 0.717) is 13.0 Å². The third-order valence-electron chi connectivity index (χ3n) is 3.64. The first-order valence-corrected chi connectivity index (χ1v) is 8.97. The molecule has 0 N–H and O–H groups in total. The average molecular weight is 244 g/mol. The van der Waals surface area contributed by atoms with Gasteiger partial charge in [-0.05, 0) is 31.0 Å². The molecule has 1 saturated heterocycles. The number of cyclic esters (lactones) is 1. The number of carbonyl (C=O) groups is 1. The van der Waals surface area contributed by atoms with Gasteiger partial charge < -0.3 is 9.16 Å². The Hall–Kier alpha value is -0.353. The van der Waals surface area contributed by atoms with Crippen LogP contribution in [0.2, 0.25) is 18.1 Å². The van der Waals surface area contributed by atoms with Gasteiger partial charge in [0.15, 0.2) is 8.32 Å². The topological polar surface area (TPSA) is 35.5 Å². The molecule has 0 spiro atoms. The van der Waals surface area contributed by atoms with Crippen LogP contribution < -0.4 is 0 Å². The van der Waals surface area contributed by atoms with Crippen LogP contribution in [0.5, 0.6) is 0 Å². The number of esters is 1. The average Bonchev–Trinajstić information content (AvgIpc) is 2.13. The van der Waals surface area contributed by atoms with Gasteiger partial charge in [-0.1, -0.05) is 20.8 Å². The molecule has 3 nitrogen and oxygen atoms in total. The maximum absolute atomic E-state index is 11.1. The Balaban J connectivity index is 2.42. The zero-order chi connectivity index (χ0) is 12.4. The van der Waals surface area contributed by atoms with Gasteiger partial charge in [0.1, 0.15) is 6.10 Å². The lowest BCUT2D eigenvalue weighted by Gasteiger charge is -2.37. The van der Waals surface area contributed by atoms with Gasteiger partial charge in [-0.15, -0.1) is 0 Å². The maximum atomic E-state index is 11.1. The molecule has 16 heavy (non-hydrogen) atoms. The fraction of sp³-hybridized carbons (Fsp3) is 0.917. The maximum Gasteiger partial charge on any atom is 0.306 e. The molecule has 1 aliphatic rings. The van der Waals surface area contributed by atoms with Crippen molar-refractivity contribution in [3.8, 4) is 0 Å². The Morgan fingerprint density at radius 1 is 1.44 bits per heavy atom. The molecule has 1 rings (SSSR count). The van der Waals surface area contributed by atoms with E-state index < -0.39 is 8.32 Å². The van der Waals surface area contributed by atoms with Crippen LogP contribution in [0.1, 0.15) is 40.0 Å². The Bertz CT molecular complexity index is 255. The Morgan fingerprint density at radius 2 is 2.06 bits per heavy atom. The summed E-state index contributed by atoms with van der Waals surface area (Å²) in [6.07, 6.45) is 2.43. The van der Waals surface area contributed by atoms with E-state index in [2.05, 4.69) is 33.9 Å². The first-order chi connectivity index (χ1) is 7.22. The Kier molecular flexibility index (Phi) is 4.18. The molecule has 0 aromatic carbocycles. The molecule has 0 saturated carbocycles. The minimum Gasteiger partial charge on any atom is -0.460 e. The van der Waals surface area contributed by atoms with Crippen molar-refractivity contribution in [1.29, 1.82) is 0 Å². The quantitative estimate of drug-likeness (QED) is 0.565. The van der Waals surface area contributed by atoms with Crippen LogP contribution in [0, 0.1) is 0 Å². The zero-order valence-corrected chi connectivity index (χ0v) is 12.1. The molecule has 0 unspecified atom stereocenters. The minimum absolute atomic E-state index is 0.0182. The van der Waals surface area contributed by atoms with Crippen molar-refractivity contribution in [1.82, 2.24) is 0 Å². The number of hydrogen-bond donors (Lipinski definition) is 0. The molecular formula is C12H24O3Si. The summed E-state index contributed by atoms with van der Waals surface area (Å²) in [6.45, 7) is 11.7. The molecule has 1 heterocycles. The predicted molar refractivity (Wildman–Crippen MR) is 66.9 cm³/mol. The van der Waals surface area contributed by atoms with Crippen molar-refractivity contribution >= 4 is 14.3 Å². The molecular weight excluding hydrogens is 220 g/mol. The summed E-state index contributed by atoms with van der Waals surface area (Å²) in [7, 11) is -1.70. The van der Waals surface area contributed by atoms with Crippen molar-refractivity contribution in [2.45, 2.75) is 64.3 Å². The molecule has 1 fully saturated rings. The molecule has 0 aromatic heterocycles. The van der Waals surface area contributed by atoms with E-state index in [1.54, 1.807) is 0 Å². The highest BCUT2D eigenvalue weighted by molar-refractivity contribution is 6.74. The lowest BCUT2D eigenvalue weighted by Crippen LogP contribution is -2.43. The van der Waals surface area contributed by atoms with Gasteiger partial charge in [-0.25, -0.2) is 0 Å². The second kappa shape index (κ2) is 4.88. The SMILES string of the molecule is CC(C)(C)[Si](C)(C)OC[C@@H]1CCCC(=O)O1.